The van der Waals surface area contributed by atoms with Crippen molar-refractivity contribution in [2.45, 2.75) is 45.3 Å². The topological polar surface area (TPSA) is 88.2 Å². The molecule has 178 valence electrons. The monoisotopic (exact) mass is 473 g/mol. The van der Waals surface area contributed by atoms with Crippen LogP contribution in [0.15, 0.2) is 29.0 Å². The molecule has 2 aromatic rings. The van der Waals surface area contributed by atoms with Gasteiger partial charge in [-0.2, -0.15) is 0 Å². The molecule has 0 unspecified atom stereocenters. The predicted octanol–water partition coefficient (Wildman–Crippen LogP) is 4.66. The summed E-state index contributed by atoms with van der Waals surface area (Å²) < 4.78 is 11.7. The fourth-order valence-corrected chi connectivity index (χ4v) is 4.15. The second-order valence-corrected chi connectivity index (χ2v) is 9.92. The van der Waals surface area contributed by atoms with Crippen molar-refractivity contribution in [2.75, 3.05) is 37.4 Å². The maximum absolute atomic E-state index is 13.0. The van der Waals surface area contributed by atoms with Crippen molar-refractivity contribution >= 4 is 41.0 Å². The first kappa shape index (κ1) is 24.6. The Labute approximate surface area is 198 Å². The van der Waals surface area contributed by atoms with Gasteiger partial charge in [0.2, 0.25) is 0 Å². The summed E-state index contributed by atoms with van der Waals surface area (Å²) in [7, 11) is 3.83. The summed E-state index contributed by atoms with van der Waals surface area (Å²) in [5, 5.41) is 6.22. The van der Waals surface area contributed by atoms with Gasteiger partial charge in [0.1, 0.15) is 17.5 Å². The van der Waals surface area contributed by atoms with E-state index in [1.165, 1.54) is 11.3 Å². The summed E-state index contributed by atoms with van der Waals surface area (Å²) >= 11 is 1.35. The van der Waals surface area contributed by atoms with Crippen molar-refractivity contribution < 1.29 is 23.9 Å². The first-order chi connectivity index (χ1) is 15.6. The van der Waals surface area contributed by atoms with E-state index < -0.39 is 5.60 Å². The Bertz CT molecular complexity index is 1000. The van der Waals surface area contributed by atoms with Crippen molar-refractivity contribution in [2.24, 2.45) is 0 Å². The van der Waals surface area contributed by atoms with Gasteiger partial charge in [0.25, 0.3) is 5.91 Å². The van der Waals surface area contributed by atoms with E-state index in [-0.39, 0.29) is 18.1 Å². The van der Waals surface area contributed by atoms with E-state index in [0.29, 0.717) is 48.5 Å². The van der Waals surface area contributed by atoms with Crippen molar-refractivity contribution in [1.29, 1.82) is 0 Å². The summed E-state index contributed by atoms with van der Waals surface area (Å²) in [5.74, 6) is 0.125. The number of carbonyl (C=O) groups is 3. The number of anilines is 2. The molecule has 1 aromatic heterocycles. The highest BCUT2D eigenvalue weighted by atomic mass is 32.1. The molecule has 1 aromatic carbocycles. The smallest absolute Gasteiger partial charge is 0.410 e. The average Bonchev–Trinajstić information content (AvgIpc) is 3.20. The van der Waals surface area contributed by atoms with Gasteiger partial charge in [0.05, 0.1) is 11.3 Å². The van der Waals surface area contributed by atoms with Crippen LogP contribution in [0, 0.1) is 0 Å². The minimum Gasteiger partial charge on any atom is -0.489 e. The molecule has 8 nitrogen and oxygen atoms in total. The Kier molecular flexibility index (Phi) is 7.63. The van der Waals surface area contributed by atoms with Crippen LogP contribution >= 0.6 is 11.3 Å². The summed E-state index contributed by atoms with van der Waals surface area (Å²) in [4.78, 5) is 40.2. The second kappa shape index (κ2) is 10.2. The molecule has 2 amide bonds. The number of nitrogens with zero attached hydrogens (tertiary/aromatic N) is 2. The highest BCUT2D eigenvalue weighted by Crippen LogP contribution is 2.30. The van der Waals surface area contributed by atoms with E-state index in [2.05, 4.69) is 5.32 Å². The maximum Gasteiger partial charge on any atom is 0.410 e. The molecular weight excluding hydrogens is 442 g/mol. The van der Waals surface area contributed by atoms with E-state index in [4.69, 9.17) is 9.47 Å². The van der Waals surface area contributed by atoms with E-state index in [0.717, 1.165) is 12.0 Å². The van der Waals surface area contributed by atoms with Gasteiger partial charge >= 0.3 is 6.09 Å². The molecule has 0 saturated carbocycles. The molecule has 0 spiro atoms. The number of ether oxygens (including phenoxy) is 2. The molecule has 1 aliphatic heterocycles. The average molecular weight is 474 g/mol. The summed E-state index contributed by atoms with van der Waals surface area (Å²) in [6.45, 7) is 6.58. The SMILES string of the molecule is CN(C)c1ccc(C(=O)Nc2cscc2C=O)c(OC2CCN(C(=O)OC(C)(C)C)CC2)c1. The molecule has 1 fully saturated rings. The van der Waals surface area contributed by atoms with Crippen LogP contribution in [-0.2, 0) is 4.74 Å². The number of nitrogens with one attached hydrogen (secondary N) is 1. The standard InChI is InChI=1S/C24H31N3O5S/c1-24(2,3)32-23(30)27-10-8-18(9-11-27)31-21-12-17(26(4)5)6-7-19(21)22(29)25-20-15-33-14-16(20)13-28/h6-7,12-15,18H,8-11H2,1-5H3,(H,25,29). The number of hydrogen-bond donors (Lipinski definition) is 1. The van der Waals surface area contributed by atoms with Gasteiger partial charge in [0, 0.05) is 68.1 Å². The lowest BCUT2D eigenvalue weighted by Crippen LogP contribution is -2.44. The molecule has 9 heteroatoms. The first-order valence-corrected chi connectivity index (χ1v) is 11.8. The van der Waals surface area contributed by atoms with Crippen LogP contribution in [0.1, 0.15) is 54.3 Å². The fourth-order valence-electron chi connectivity index (χ4n) is 3.43. The zero-order valence-corrected chi connectivity index (χ0v) is 20.5. The summed E-state index contributed by atoms with van der Waals surface area (Å²) in [5.41, 5.74) is 1.67. The largest absolute Gasteiger partial charge is 0.489 e. The Balaban J connectivity index is 1.72. The molecule has 2 heterocycles. The highest BCUT2D eigenvalue weighted by Gasteiger charge is 2.28. The number of piperidine rings is 1. The quantitative estimate of drug-likeness (QED) is 0.614. The second-order valence-electron chi connectivity index (χ2n) is 9.17. The Hall–Kier alpha value is -3.07. The first-order valence-electron chi connectivity index (χ1n) is 10.9. The van der Waals surface area contributed by atoms with E-state index in [1.54, 1.807) is 21.7 Å². The Morgan fingerprint density at radius 1 is 1.18 bits per heavy atom. The Morgan fingerprint density at radius 2 is 1.88 bits per heavy atom. The van der Waals surface area contributed by atoms with Crippen molar-refractivity contribution in [3.8, 4) is 5.75 Å². The van der Waals surface area contributed by atoms with E-state index in [1.807, 2.05) is 51.9 Å². The van der Waals surface area contributed by atoms with Gasteiger partial charge in [-0.1, -0.05) is 0 Å². The minimum absolute atomic E-state index is 0.140. The number of likely N-dealkylation sites (tertiary alicyclic amines) is 1. The zero-order valence-electron chi connectivity index (χ0n) is 19.7. The van der Waals surface area contributed by atoms with Gasteiger partial charge in [-0.3, -0.25) is 9.59 Å². The van der Waals surface area contributed by atoms with Gasteiger partial charge in [-0.05, 0) is 32.9 Å². The van der Waals surface area contributed by atoms with Crippen molar-refractivity contribution in [1.82, 2.24) is 4.90 Å². The van der Waals surface area contributed by atoms with Crippen LogP contribution in [0.2, 0.25) is 0 Å². The van der Waals surface area contributed by atoms with Crippen LogP contribution < -0.4 is 15.0 Å². The lowest BCUT2D eigenvalue weighted by Gasteiger charge is -2.33. The molecule has 0 atom stereocenters. The number of benzene rings is 1. The Morgan fingerprint density at radius 3 is 2.48 bits per heavy atom. The van der Waals surface area contributed by atoms with E-state index >= 15 is 0 Å². The molecule has 1 saturated heterocycles. The lowest BCUT2D eigenvalue weighted by molar-refractivity contribution is 0.0126. The lowest BCUT2D eigenvalue weighted by atomic mass is 10.1. The van der Waals surface area contributed by atoms with Gasteiger partial charge in [-0.25, -0.2) is 4.79 Å². The molecule has 0 bridgehead atoms. The van der Waals surface area contributed by atoms with Gasteiger partial charge in [-0.15, -0.1) is 11.3 Å². The number of rotatable bonds is 6. The molecular formula is C24H31N3O5S. The van der Waals surface area contributed by atoms with Crippen molar-refractivity contribution in [3.05, 3.63) is 40.1 Å². The van der Waals surface area contributed by atoms with Crippen LogP contribution in [0.25, 0.3) is 0 Å². The minimum atomic E-state index is -0.536. The van der Waals surface area contributed by atoms with Crippen LogP contribution in [0.4, 0.5) is 16.2 Å². The van der Waals surface area contributed by atoms with Crippen molar-refractivity contribution in [3.63, 3.8) is 0 Å². The molecule has 0 aliphatic carbocycles. The van der Waals surface area contributed by atoms with Crippen LogP contribution in [0.3, 0.4) is 0 Å². The molecule has 1 aliphatic rings. The molecule has 0 radical (unpaired) electrons. The third-order valence-electron chi connectivity index (χ3n) is 5.18. The van der Waals surface area contributed by atoms with E-state index in [9.17, 15) is 14.4 Å². The van der Waals surface area contributed by atoms with Gasteiger partial charge in [0.15, 0.2) is 6.29 Å². The van der Waals surface area contributed by atoms with Gasteiger partial charge < -0.3 is 24.6 Å². The third-order valence-corrected chi connectivity index (χ3v) is 5.94. The number of carbonyl (C=O) groups excluding carboxylic acids is 3. The van der Waals surface area contributed by atoms with Crippen LogP contribution in [-0.4, -0.2) is 62.1 Å². The highest BCUT2D eigenvalue weighted by molar-refractivity contribution is 7.08. The maximum atomic E-state index is 13.0. The normalized spacial score (nSPS) is 14.5. The molecule has 33 heavy (non-hydrogen) atoms. The number of aldehydes is 1. The number of hydrogen-bond acceptors (Lipinski definition) is 7. The summed E-state index contributed by atoms with van der Waals surface area (Å²) in [6.07, 6.45) is 1.52. The third kappa shape index (κ3) is 6.47. The summed E-state index contributed by atoms with van der Waals surface area (Å²) in [6, 6.07) is 5.41. The number of amides is 2. The fraction of sp³-hybridized carbons (Fsp3) is 0.458. The number of thiophene rings is 1. The molecule has 3 rings (SSSR count). The predicted molar refractivity (Wildman–Crippen MR) is 130 cm³/mol. The molecule has 1 N–H and O–H groups in total. The zero-order chi connectivity index (χ0) is 24.2. The van der Waals surface area contributed by atoms with Crippen LogP contribution in [0.5, 0.6) is 5.75 Å².